The van der Waals surface area contributed by atoms with Crippen LogP contribution in [0.3, 0.4) is 0 Å². The third-order valence-corrected chi connectivity index (χ3v) is 3.31. The average molecular weight is 360 g/mol. The first-order chi connectivity index (χ1) is 11.5. The number of carboxylic acid groups (broad SMARTS) is 1. The quantitative estimate of drug-likeness (QED) is 0.581. The van der Waals surface area contributed by atoms with Crippen LogP contribution in [0, 0.1) is 0 Å². The Balaban J connectivity index is 2.65. The highest BCUT2D eigenvalue weighted by Crippen LogP contribution is 2.40. The van der Waals surface area contributed by atoms with Gasteiger partial charge in [0.25, 0.3) is 0 Å². The summed E-state index contributed by atoms with van der Waals surface area (Å²) in [6, 6.07) is 6.88. The van der Waals surface area contributed by atoms with E-state index < -0.39 is 40.6 Å². The molecule has 2 rings (SSSR count). The van der Waals surface area contributed by atoms with Crippen molar-refractivity contribution in [2.75, 3.05) is 0 Å². The van der Waals surface area contributed by atoms with Crippen LogP contribution in [-0.2, 0) is 17.1 Å². The smallest absolute Gasteiger partial charge is 0.417 e. The van der Waals surface area contributed by atoms with E-state index >= 15 is 0 Å². The van der Waals surface area contributed by atoms with Crippen molar-refractivity contribution in [1.82, 2.24) is 0 Å². The molecule has 0 aliphatic rings. The Bertz CT molecular complexity index is 819. The Morgan fingerprint density at radius 1 is 0.880 bits per heavy atom. The van der Waals surface area contributed by atoms with Crippen molar-refractivity contribution in [3.8, 4) is 11.1 Å². The van der Waals surface area contributed by atoms with Gasteiger partial charge in [0.15, 0.2) is 0 Å². The molecule has 25 heavy (non-hydrogen) atoms. The molecule has 0 heterocycles. The molecule has 0 aromatic heterocycles. The van der Waals surface area contributed by atoms with Crippen molar-refractivity contribution in [1.29, 1.82) is 0 Å². The lowest BCUT2D eigenvalue weighted by Gasteiger charge is -2.16. The van der Waals surface area contributed by atoms with Crippen molar-refractivity contribution >= 4 is 12.0 Å². The Hall–Kier alpha value is -2.77. The molecule has 0 bridgehead atoms. The van der Waals surface area contributed by atoms with Gasteiger partial charge in [0.1, 0.15) is 0 Å². The molecule has 0 atom stereocenters. The molecular weight excluding hydrogens is 350 g/mol. The third kappa shape index (κ3) is 4.40. The standard InChI is InChI=1S/C17H10F6O2/c18-16(19,20)13-4-2-1-3-12(13)11-6-5-10(7-8-15(24)25)14(9-11)17(21,22)23/h1-9H,(H,24,25)/b8-7+. The first kappa shape index (κ1) is 18.6. The molecule has 0 amide bonds. The summed E-state index contributed by atoms with van der Waals surface area (Å²) in [6.07, 6.45) is -8.32. The molecule has 0 saturated carbocycles. The third-order valence-electron chi connectivity index (χ3n) is 3.31. The summed E-state index contributed by atoms with van der Waals surface area (Å²) in [7, 11) is 0. The monoisotopic (exact) mass is 360 g/mol. The summed E-state index contributed by atoms with van der Waals surface area (Å²) in [5, 5.41) is 8.53. The number of carboxylic acids is 1. The lowest BCUT2D eigenvalue weighted by Crippen LogP contribution is -2.09. The second-order valence-corrected chi connectivity index (χ2v) is 5.01. The minimum absolute atomic E-state index is 0.271. The van der Waals surface area contributed by atoms with Gasteiger partial charge in [-0.2, -0.15) is 26.3 Å². The fraction of sp³-hybridized carbons (Fsp3) is 0.118. The molecule has 2 aromatic carbocycles. The van der Waals surface area contributed by atoms with Crippen LogP contribution in [0.5, 0.6) is 0 Å². The molecule has 0 saturated heterocycles. The molecule has 1 N–H and O–H groups in total. The van der Waals surface area contributed by atoms with Crippen LogP contribution in [0.1, 0.15) is 16.7 Å². The number of aliphatic carboxylic acids is 1. The van der Waals surface area contributed by atoms with Gasteiger partial charge in [-0.1, -0.05) is 30.3 Å². The molecule has 0 aliphatic carbocycles. The number of alkyl halides is 6. The van der Waals surface area contributed by atoms with E-state index in [1.165, 1.54) is 6.07 Å². The molecule has 0 unspecified atom stereocenters. The molecular formula is C17H10F6O2. The summed E-state index contributed by atoms with van der Waals surface area (Å²) in [5.74, 6) is -1.44. The van der Waals surface area contributed by atoms with Gasteiger partial charge < -0.3 is 5.11 Å². The first-order valence-electron chi connectivity index (χ1n) is 6.79. The van der Waals surface area contributed by atoms with E-state index in [0.717, 1.165) is 36.4 Å². The van der Waals surface area contributed by atoms with Gasteiger partial charge in [0.2, 0.25) is 0 Å². The topological polar surface area (TPSA) is 37.3 Å². The van der Waals surface area contributed by atoms with E-state index in [9.17, 15) is 31.1 Å². The van der Waals surface area contributed by atoms with Gasteiger partial charge in [0.05, 0.1) is 11.1 Å². The first-order valence-corrected chi connectivity index (χ1v) is 6.79. The highest BCUT2D eigenvalue weighted by atomic mass is 19.4. The highest BCUT2D eigenvalue weighted by molar-refractivity contribution is 5.86. The van der Waals surface area contributed by atoms with Gasteiger partial charge in [-0.25, -0.2) is 4.79 Å². The predicted octanol–water partition coefficient (Wildman–Crippen LogP) is 5.49. The lowest BCUT2D eigenvalue weighted by atomic mass is 9.95. The second kappa shape index (κ2) is 6.62. The largest absolute Gasteiger partial charge is 0.478 e. The zero-order valence-corrected chi connectivity index (χ0v) is 12.3. The second-order valence-electron chi connectivity index (χ2n) is 5.01. The number of hydrogen-bond donors (Lipinski definition) is 1. The SMILES string of the molecule is O=C(O)/C=C/c1ccc(-c2ccccc2C(F)(F)F)cc1C(F)(F)F. The van der Waals surface area contributed by atoms with E-state index in [4.69, 9.17) is 5.11 Å². The average Bonchev–Trinajstić information content (AvgIpc) is 2.51. The van der Waals surface area contributed by atoms with E-state index in [0.29, 0.717) is 12.1 Å². The fourth-order valence-electron chi connectivity index (χ4n) is 2.26. The van der Waals surface area contributed by atoms with E-state index in [2.05, 4.69) is 0 Å². The van der Waals surface area contributed by atoms with Crippen molar-refractivity contribution in [2.45, 2.75) is 12.4 Å². The normalized spacial score (nSPS) is 12.6. The number of halogens is 6. The minimum atomic E-state index is -4.86. The molecule has 0 radical (unpaired) electrons. The van der Waals surface area contributed by atoms with Gasteiger partial charge >= 0.3 is 18.3 Å². The van der Waals surface area contributed by atoms with Crippen molar-refractivity contribution in [2.24, 2.45) is 0 Å². The fourth-order valence-corrected chi connectivity index (χ4v) is 2.26. The predicted molar refractivity (Wildman–Crippen MR) is 78.6 cm³/mol. The maximum Gasteiger partial charge on any atom is 0.417 e. The van der Waals surface area contributed by atoms with Crippen molar-refractivity contribution < 1.29 is 36.2 Å². The van der Waals surface area contributed by atoms with Gasteiger partial charge in [-0.3, -0.25) is 0 Å². The zero-order valence-electron chi connectivity index (χ0n) is 12.3. The molecule has 0 fully saturated rings. The lowest BCUT2D eigenvalue weighted by molar-refractivity contribution is -0.138. The maximum absolute atomic E-state index is 13.2. The Morgan fingerprint density at radius 2 is 1.48 bits per heavy atom. The molecule has 0 spiro atoms. The van der Waals surface area contributed by atoms with Crippen LogP contribution in [0.15, 0.2) is 48.5 Å². The molecule has 132 valence electrons. The molecule has 2 nitrogen and oxygen atoms in total. The summed E-state index contributed by atoms with van der Waals surface area (Å²) in [5.41, 5.74) is -3.40. The van der Waals surface area contributed by atoms with Gasteiger partial charge in [0, 0.05) is 6.08 Å². The summed E-state index contributed by atoms with van der Waals surface area (Å²) in [6.45, 7) is 0. The van der Waals surface area contributed by atoms with E-state index in [-0.39, 0.29) is 5.56 Å². The summed E-state index contributed by atoms with van der Waals surface area (Å²) >= 11 is 0. The minimum Gasteiger partial charge on any atom is -0.478 e. The number of benzene rings is 2. The number of hydrogen-bond acceptors (Lipinski definition) is 1. The number of carbonyl (C=O) groups is 1. The Morgan fingerprint density at radius 3 is 2.04 bits per heavy atom. The van der Waals surface area contributed by atoms with E-state index in [1.807, 2.05) is 0 Å². The summed E-state index contributed by atoms with van der Waals surface area (Å²) < 4.78 is 78.8. The summed E-state index contributed by atoms with van der Waals surface area (Å²) in [4.78, 5) is 10.5. The molecule has 8 heteroatoms. The van der Waals surface area contributed by atoms with Crippen molar-refractivity contribution in [3.63, 3.8) is 0 Å². The van der Waals surface area contributed by atoms with Crippen LogP contribution >= 0.6 is 0 Å². The Kier molecular flexibility index (Phi) is 4.92. The number of rotatable bonds is 3. The van der Waals surface area contributed by atoms with Gasteiger partial charge in [-0.05, 0) is 34.9 Å². The van der Waals surface area contributed by atoms with Crippen LogP contribution in [-0.4, -0.2) is 11.1 Å². The van der Waals surface area contributed by atoms with Crippen molar-refractivity contribution in [3.05, 3.63) is 65.2 Å². The molecule has 2 aromatic rings. The van der Waals surface area contributed by atoms with Crippen LogP contribution in [0.2, 0.25) is 0 Å². The zero-order chi connectivity index (χ0) is 18.8. The Labute approximate surface area is 138 Å². The van der Waals surface area contributed by atoms with Gasteiger partial charge in [-0.15, -0.1) is 0 Å². The van der Waals surface area contributed by atoms with E-state index in [1.54, 1.807) is 0 Å². The van der Waals surface area contributed by atoms with Crippen LogP contribution in [0.25, 0.3) is 17.2 Å². The highest BCUT2D eigenvalue weighted by Gasteiger charge is 2.36. The van der Waals surface area contributed by atoms with Crippen LogP contribution < -0.4 is 0 Å². The molecule has 0 aliphatic heterocycles. The maximum atomic E-state index is 13.2. The van der Waals surface area contributed by atoms with Crippen LogP contribution in [0.4, 0.5) is 26.3 Å².